The van der Waals surface area contributed by atoms with Gasteiger partial charge in [0, 0.05) is 19.6 Å². The second-order valence-electron chi connectivity index (χ2n) is 7.23. The second kappa shape index (κ2) is 10.2. The summed E-state index contributed by atoms with van der Waals surface area (Å²) in [6.45, 7) is 4.52. The lowest BCUT2D eigenvalue weighted by atomic mass is 10.0. The summed E-state index contributed by atoms with van der Waals surface area (Å²) in [4.78, 5) is 14.4. The van der Waals surface area contributed by atoms with E-state index in [1.807, 2.05) is 25.1 Å². The van der Waals surface area contributed by atoms with Crippen molar-refractivity contribution in [1.29, 1.82) is 0 Å². The van der Waals surface area contributed by atoms with Gasteiger partial charge in [-0.3, -0.25) is 9.69 Å². The van der Waals surface area contributed by atoms with E-state index in [4.69, 9.17) is 13.9 Å². The van der Waals surface area contributed by atoms with E-state index in [-0.39, 0.29) is 12.6 Å². The summed E-state index contributed by atoms with van der Waals surface area (Å²) in [6, 6.07) is 12.2. The third kappa shape index (κ3) is 5.91. The van der Waals surface area contributed by atoms with Crippen LogP contribution in [0.2, 0.25) is 0 Å². The number of carbonyl (C=O) groups excluding carboxylic acids is 1. The van der Waals surface area contributed by atoms with Gasteiger partial charge >= 0.3 is 5.97 Å². The Labute approximate surface area is 177 Å². The normalized spacial score (nSPS) is 17.4. The van der Waals surface area contributed by atoms with Crippen molar-refractivity contribution in [2.45, 2.75) is 18.9 Å². The van der Waals surface area contributed by atoms with Gasteiger partial charge in [0.25, 0.3) is 0 Å². The first-order valence-electron chi connectivity index (χ1n) is 9.88. The number of hydrogen-bond donors (Lipinski definition) is 1. The molecule has 8 nitrogen and oxygen atoms in total. The number of morpholine rings is 1. The van der Waals surface area contributed by atoms with Gasteiger partial charge in [0.1, 0.15) is 11.5 Å². The van der Waals surface area contributed by atoms with Crippen LogP contribution in [0, 0.1) is 6.92 Å². The Kier molecular flexibility index (Phi) is 7.65. The molecule has 9 heteroatoms. The van der Waals surface area contributed by atoms with Gasteiger partial charge in [-0.15, -0.1) is 0 Å². The molecule has 1 N–H and O–H groups in total. The molecule has 0 spiro atoms. The molecule has 0 aliphatic carbocycles. The number of nitrogens with zero attached hydrogens (tertiary/aromatic N) is 1. The van der Waals surface area contributed by atoms with Gasteiger partial charge in [-0.2, -0.15) is 0 Å². The highest BCUT2D eigenvalue weighted by atomic mass is 32.2. The molecule has 0 amide bonds. The van der Waals surface area contributed by atoms with Crippen LogP contribution in [0.3, 0.4) is 0 Å². The lowest BCUT2D eigenvalue weighted by molar-refractivity contribution is -0.141. The van der Waals surface area contributed by atoms with Crippen LogP contribution < -0.4 is 4.72 Å². The van der Waals surface area contributed by atoms with Crippen molar-refractivity contribution in [3.63, 3.8) is 0 Å². The van der Waals surface area contributed by atoms with Crippen LogP contribution in [0.25, 0.3) is 0 Å². The average Bonchev–Trinajstić information content (AvgIpc) is 3.19. The molecule has 164 valence electrons. The minimum atomic E-state index is -3.77. The molecule has 1 aliphatic rings. The SMILES string of the molecule is COC(=O)[C@@H](CS(=O)(=O)NC[C@H](c1ccc(C)o1)N1CCOCC1)c1ccccc1. The summed E-state index contributed by atoms with van der Waals surface area (Å²) in [7, 11) is -2.51. The van der Waals surface area contributed by atoms with Crippen LogP contribution in [-0.4, -0.2) is 65.0 Å². The molecule has 2 heterocycles. The predicted molar refractivity (Wildman–Crippen MR) is 112 cm³/mol. The smallest absolute Gasteiger partial charge is 0.314 e. The lowest BCUT2D eigenvalue weighted by Gasteiger charge is -2.33. The van der Waals surface area contributed by atoms with Gasteiger partial charge in [-0.25, -0.2) is 13.1 Å². The first-order valence-corrected chi connectivity index (χ1v) is 11.5. The Morgan fingerprint density at radius 1 is 1.17 bits per heavy atom. The van der Waals surface area contributed by atoms with E-state index in [1.165, 1.54) is 7.11 Å². The van der Waals surface area contributed by atoms with Crippen molar-refractivity contribution in [3.8, 4) is 0 Å². The van der Waals surface area contributed by atoms with E-state index in [2.05, 4.69) is 9.62 Å². The highest BCUT2D eigenvalue weighted by Crippen LogP contribution is 2.24. The molecule has 1 saturated heterocycles. The van der Waals surface area contributed by atoms with E-state index in [0.29, 0.717) is 37.6 Å². The van der Waals surface area contributed by atoms with E-state index in [9.17, 15) is 13.2 Å². The van der Waals surface area contributed by atoms with Crippen LogP contribution in [-0.2, 0) is 24.3 Å². The lowest BCUT2D eigenvalue weighted by Crippen LogP contribution is -2.44. The summed E-state index contributed by atoms with van der Waals surface area (Å²) in [5.41, 5.74) is 0.598. The van der Waals surface area contributed by atoms with Crippen LogP contribution in [0.4, 0.5) is 0 Å². The fourth-order valence-corrected chi connectivity index (χ4v) is 4.84. The zero-order chi connectivity index (χ0) is 21.6. The zero-order valence-electron chi connectivity index (χ0n) is 17.2. The van der Waals surface area contributed by atoms with Crippen LogP contribution in [0.5, 0.6) is 0 Å². The molecular formula is C21H28N2O6S. The fourth-order valence-electron chi connectivity index (χ4n) is 3.54. The minimum absolute atomic E-state index is 0.137. The average molecular weight is 437 g/mol. The molecule has 2 atom stereocenters. The number of esters is 1. The molecule has 1 aromatic carbocycles. The number of aryl methyl sites for hydroxylation is 1. The second-order valence-corrected chi connectivity index (χ2v) is 9.08. The maximum absolute atomic E-state index is 12.9. The van der Waals surface area contributed by atoms with Gasteiger partial charge < -0.3 is 13.9 Å². The number of furan rings is 1. The fraction of sp³-hybridized carbons (Fsp3) is 0.476. The number of ether oxygens (including phenoxy) is 2. The number of rotatable bonds is 9. The maximum atomic E-state index is 12.9. The molecule has 30 heavy (non-hydrogen) atoms. The van der Waals surface area contributed by atoms with Crippen LogP contribution >= 0.6 is 0 Å². The van der Waals surface area contributed by atoms with Crippen molar-refractivity contribution >= 4 is 16.0 Å². The highest BCUT2D eigenvalue weighted by molar-refractivity contribution is 7.89. The zero-order valence-corrected chi connectivity index (χ0v) is 18.1. The first kappa shape index (κ1) is 22.5. The Morgan fingerprint density at radius 3 is 2.47 bits per heavy atom. The monoisotopic (exact) mass is 436 g/mol. The number of benzene rings is 1. The number of carbonyl (C=O) groups is 1. The third-order valence-corrected chi connectivity index (χ3v) is 6.53. The number of hydrogen-bond acceptors (Lipinski definition) is 7. The molecule has 0 unspecified atom stereocenters. The van der Waals surface area contributed by atoms with Gasteiger partial charge in [0.05, 0.1) is 38.0 Å². The van der Waals surface area contributed by atoms with E-state index in [0.717, 1.165) is 5.76 Å². The molecule has 0 radical (unpaired) electrons. The van der Waals surface area contributed by atoms with Crippen molar-refractivity contribution < 1.29 is 27.1 Å². The van der Waals surface area contributed by atoms with Crippen LogP contribution in [0.1, 0.15) is 29.0 Å². The number of nitrogens with one attached hydrogen (secondary N) is 1. The molecule has 3 rings (SSSR count). The molecule has 1 fully saturated rings. The summed E-state index contributed by atoms with van der Waals surface area (Å²) < 4.78 is 44.4. The largest absolute Gasteiger partial charge is 0.469 e. The number of methoxy groups -OCH3 is 1. The number of sulfonamides is 1. The van der Waals surface area contributed by atoms with Crippen molar-refractivity contribution in [2.75, 3.05) is 45.7 Å². The van der Waals surface area contributed by atoms with Crippen LogP contribution in [0.15, 0.2) is 46.9 Å². The third-order valence-electron chi connectivity index (χ3n) is 5.15. The molecule has 1 aliphatic heterocycles. The summed E-state index contributed by atoms with van der Waals surface area (Å²) in [6.07, 6.45) is 0. The quantitative estimate of drug-likeness (QED) is 0.599. The van der Waals surface area contributed by atoms with E-state index in [1.54, 1.807) is 24.3 Å². The standard InChI is InChI=1S/C21H28N2O6S/c1-16-8-9-20(29-16)19(23-10-12-28-13-11-23)14-22-30(25,26)15-18(21(24)27-2)17-6-4-3-5-7-17/h3-9,18-19,22H,10-15H2,1-2H3/t18-,19+/m0/s1. The Bertz CT molecular complexity index is 922. The molecule has 0 saturated carbocycles. The summed E-state index contributed by atoms with van der Waals surface area (Å²) >= 11 is 0. The molecular weight excluding hydrogens is 408 g/mol. The van der Waals surface area contributed by atoms with Gasteiger partial charge in [0.2, 0.25) is 10.0 Å². The first-order chi connectivity index (χ1) is 14.4. The molecule has 1 aromatic heterocycles. The van der Waals surface area contributed by atoms with Gasteiger partial charge in [0.15, 0.2) is 0 Å². The highest BCUT2D eigenvalue weighted by Gasteiger charge is 2.30. The minimum Gasteiger partial charge on any atom is -0.469 e. The van der Waals surface area contributed by atoms with Gasteiger partial charge in [-0.05, 0) is 24.6 Å². The topological polar surface area (TPSA) is 98.1 Å². The van der Waals surface area contributed by atoms with Crippen molar-refractivity contribution in [2.24, 2.45) is 0 Å². The van der Waals surface area contributed by atoms with E-state index >= 15 is 0 Å². The summed E-state index contributed by atoms with van der Waals surface area (Å²) in [5, 5.41) is 0. The van der Waals surface area contributed by atoms with Gasteiger partial charge in [-0.1, -0.05) is 30.3 Å². The van der Waals surface area contributed by atoms with Crippen molar-refractivity contribution in [3.05, 3.63) is 59.5 Å². The van der Waals surface area contributed by atoms with Crippen molar-refractivity contribution in [1.82, 2.24) is 9.62 Å². The predicted octanol–water partition coefficient (Wildman–Crippen LogP) is 1.84. The molecule has 0 bridgehead atoms. The molecule has 2 aromatic rings. The Hall–Kier alpha value is -2.20. The summed E-state index contributed by atoms with van der Waals surface area (Å²) in [5.74, 6) is -0.415. The Balaban J connectivity index is 1.73. The maximum Gasteiger partial charge on any atom is 0.314 e. The Morgan fingerprint density at radius 2 is 1.87 bits per heavy atom. The van der Waals surface area contributed by atoms with E-state index < -0.39 is 27.7 Å².